The predicted octanol–water partition coefficient (Wildman–Crippen LogP) is 1.88. The molecular weight excluding hydrogens is 280 g/mol. The van der Waals surface area contributed by atoms with Crippen LogP contribution in [-0.2, 0) is 6.42 Å². The molecule has 0 aromatic carbocycles. The van der Waals surface area contributed by atoms with Gasteiger partial charge in [-0.3, -0.25) is 4.79 Å². The van der Waals surface area contributed by atoms with Crippen LogP contribution in [0.3, 0.4) is 0 Å². The Kier molecular flexibility index (Phi) is 5.01. The average Bonchev–Trinajstić information content (AvgIpc) is 2.36. The third-order valence-corrected chi connectivity index (χ3v) is 3.81. The molecule has 1 aliphatic carbocycles. The van der Waals surface area contributed by atoms with Crippen LogP contribution in [0.2, 0.25) is 0 Å². The molecule has 22 heavy (non-hydrogen) atoms. The third kappa shape index (κ3) is 4.66. The van der Waals surface area contributed by atoms with Crippen LogP contribution >= 0.6 is 0 Å². The first-order valence-electron chi connectivity index (χ1n) is 7.85. The lowest BCUT2D eigenvalue weighted by molar-refractivity contribution is 0.0998. The van der Waals surface area contributed by atoms with Gasteiger partial charge in [-0.05, 0) is 37.5 Å². The minimum atomic E-state index is -0.501. The van der Waals surface area contributed by atoms with Gasteiger partial charge in [0, 0.05) is 12.2 Å². The van der Waals surface area contributed by atoms with Gasteiger partial charge in [0.2, 0.25) is 5.95 Å². The molecule has 1 saturated carbocycles. The number of aliphatic hydroxyl groups excluding tert-OH is 1. The number of hydrogen-bond donors (Lipinski definition) is 3. The van der Waals surface area contributed by atoms with Crippen LogP contribution in [-0.4, -0.2) is 33.1 Å². The molecule has 0 unspecified atom stereocenters. The highest BCUT2D eigenvalue weighted by Crippen LogP contribution is 2.24. The van der Waals surface area contributed by atoms with Gasteiger partial charge in [0.15, 0.2) is 0 Å². The Morgan fingerprint density at radius 2 is 2.18 bits per heavy atom. The summed E-state index contributed by atoms with van der Waals surface area (Å²) in [6.45, 7) is 6.26. The molecule has 6 heteroatoms. The third-order valence-electron chi connectivity index (χ3n) is 3.81. The topological polar surface area (TPSA) is 101 Å². The Morgan fingerprint density at radius 1 is 1.45 bits per heavy atom. The van der Waals surface area contributed by atoms with Crippen molar-refractivity contribution in [2.24, 2.45) is 11.1 Å². The van der Waals surface area contributed by atoms with Gasteiger partial charge in [-0.15, -0.1) is 0 Å². The van der Waals surface area contributed by atoms with E-state index in [2.05, 4.69) is 36.1 Å². The molecule has 1 aromatic heterocycles. The molecule has 0 bridgehead atoms. The maximum atomic E-state index is 11.5. The fourth-order valence-electron chi connectivity index (χ4n) is 2.81. The van der Waals surface area contributed by atoms with Crippen molar-refractivity contribution >= 4 is 11.9 Å². The van der Waals surface area contributed by atoms with Crippen LogP contribution in [0, 0.1) is 5.41 Å². The Labute approximate surface area is 131 Å². The zero-order valence-electron chi connectivity index (χ0n) is 13.6. The van der Waals surface area contributed by atoms with Crippen molar-refractivity contribution in [3.05, 3.63) is 17.5 Å². The first kappa shape index (κ1) is 16.7. The molecule has 122 valence electrons. The largest absolute Gasteiger partial charge is 0.393 e. The summed E-state index contributed by atoms with van der Waals surface area (Å²) in [6, 6.07) is 0.172. The fourth-order valence-corrected chi connectivity index (χ4v) is 2.81. The number of carbonyl (C=O) groups excluding carboxylic acids is 1. The molecule has 0 aliphatic heterocycles. The smallest absolute Gasteiger partial charge is 0.252 e. The maximum Gasteiger partial charge on any atom is 0.252 e. The van der Waals surface area contributed by atoms with Crippen molar-refractivity contribution in [1.29, 1.82) is 0 Å². The van der Waals surface area contributed by atoms with Gasteiger partial charge in [-0.1, -0.05) is 20.8 Å². The summed E-state index contributed by atoms with van der Waals surface area (Å²) in [5.41, 5.74) is 6.46. The SMILES string of the molecule is CC(C)(C)Cc1nc(N[C@@H]2CCC[C@@H](O)C2)ncc1C(N)=O. The second-order valence-electron chi connectivity index (χ2n) is 7.32. The van der Waals surface area contributed by atoms with Crippen molar-refractivity contribution in [3.8, 4) is 0 Å². The molecule has 1 amide bonds. The fraction of sp³-hybridized carbons (Fsp3) is 0.688. The molecule has 0 spiro atoms. The van der Waals surface area contributed by atoms with Gasteiger partial charge < -0.3 is 16.2 Å². The minimum absolute atomic E-state index is 0.00312. The number of amides is 1. The molecule has 1 heterocycles. The number of rotatable bonds is 4. The summed E-state index contributed by atoms with van der Waals surface area (Å²) in [5.74, 6) is 0.00207. The van der Waals surface area contributed by atoms with E-state index in [1.807, 2.05) is 0 Å². The monoisotopic (exact) mass is 306 g/mol. The van der Waals surface area contributed by atoms with Crippen molar-refractivity contribution in [2.45, 2.75) is 65.0 Å². The molecule has 4 N–H and O–H groups in total. The lowest BCUT2D eigenvalue weighted by atomic mass is 9.89. The van der Waals surface area contributed by atoms with Gasteiger partial charge in [-0.25, -0.2) is 9.97 Å². The number of aromatic nitrogens is 2. The van der Waals surface area contributed by atoms with Crippen LogP contribution in [0.1, 0.15) is 62.5 Å². The van der Waals surface area contributed by atoms with Gasteiger partial charge >= 0.3 is 0 Å². The molecule has 2 atom stereocenters. The van der Waals surface area contributed by atoms with Gasteiger partial charge in [-0.2, -0.15) is 0 Å². The highest BCUT2D eigenvalue weighted by molar-refractivity contribution is 5.93. The van der Waals surface area contributed by atoms with Gasteiger partial charge in [0.1, 0.15) is 0 Å². The van der Waals surface area contributed by atoms with Gasteiger partial charge in [0.05, 0.1) is 17.4 Å². The second kappa shape index (κ2) is 6.60. The Hall–Kier alpha value is -1.69. The van der Waals surface area contributed by atoms with Crippen molar-refractivity contribution < 1.29 is 9.90 Å². The Bertz CT molecular complexity index is 539. The van der Waals surface area contributed by atoms with E-state index in [9.17, 15) is 9.90 Å². The lowest BCUT2D eigenvalue weighted by Gasteiger charge is -2.27. The van der Waals surface area contributed by atoms with Crippen LogP contribution < -0.4 is 11.1 Å². The highest BCUT2D eigenvalue weighted by Gasteiger charge is 2.22. The predicted molar refractivity (Wildman–Crippen MR) is 85.6 cm³/mol. The molecule has 1 fully saturated rings. The van der Waals surface area contributed by atoms with Crippen LogP contribution in [0.5, 0.6) is 0 Å². The van der Waals surface area contributed by atoms with Gasteiger partial charge in [0.25, 0.3) is 5.91 Å². The standard InChI is InChI=1S/C16H26N4O2/c1-16(2,3)8-13-12(14(17)22)9-18-15(20-13)19-10-5-4-6-11(21)7-10/h9-11,21H,4-8H2,1-3H3,(H2,17,22)(H,18,19,20)/t10-,11-/m1/s1. The number of aliphatic hydroxyl groups is 1. The molecular formula is C16H26N4O2. The Morgan fingerprint density at radius 3 is 2.77 bits per heavy atom. The Balaban J connectivity index is 2.18. The highest BCUT2D eigenvalue weighted by atomic mass is 16.3. The molecule has 1 aromatic rings. The number of nitrogens with zero attached hydrogens (tertiary/aromatic N) is 2. The molecule has 6 nitrogen and oxygen atoms in total. The molecule has 0 saturated heterocycles. The number of nitrogens with two attached hydrogens (primary N) is 1. The van der Waals surface area contributed by atoms with Crippen molar-refractivity contribution in [2.75, 3.05) is 5.32 Å². The van der Waals surface area contributed by atoms with E-state index < -0.39 is 5.91 Å². The normalized spacial score (nSPS) is 22.4. The number of primary amides is 1. The summed E-state index contributed by atoms with van der Waals surface area (Å²) in [6.07, 6.45) is 5.43. The van der Waals surface area contributed by atoms with Crippen LogP contribution in [0.15, 0.2) is 6.20 Å². The van der Waals surface area contributed by atoms with Crippen molar-refractivity contribution in [3.63, 3.8) is 0 Å². The number of hydrogen-bond acceptors (Lipinski definition) is 5. The van der Waals surface area contributed by atoms with E-state index in [1.165, 1.54) is 6.20 Å². The maximum absolute atomic E-state index is 11.5. The first-order valence-corrected chi connectivity index (χ1v) is 7.85. The zero-order valence-corrected chi connectivity index (χ0v) is 13.6. The summed E-state index contributed by atoms with van der Waals surface area (Å²) >= 11 is 0. The molecule has 1 aliphatic rings. The summed E-state index contributed by atoms with van der Waals surface area (Å²) in [7, 11) is 0. The summed E-state index contributed by atoms with van der Waals surface area (Å²) in [5, 5.41) is 13.0. The van der Waals surface area contributed by atoms with E-state index in [4.69, 9.17) is 5.73 Å². The quantitative estimate of drug-likeness (QED) is 0.788. The minimum Gasteiger partial charge on any atom is -0.393 e. The van der Waals surface area contributed by atoms with Crippen molar-refractivity contribution in [1.82, 2.24) is 9.97 Å². The van der Waals surface area contributed by atoms with E-state index in [0.29, 0.717) is 30.0 Å². The second-order valence-corrected chi connectivity index (χ2v) is 7.32. The van der Waals surface area contributed by atoms with E-state index in [0.717, 1.165) is 19.3 Å². The molecule has 2 rings (SSSR count). The zero-order chi connectivity index (χ0) is 16.3. The average molecular weight is 306 g/mol. The van der Waals surface area contributed by atoms with Crippen LogP contribution in [0.4, 0.5) is 5.95 Å². The lowest BCUT2D eigenvalue weighted by Crippen LogP contribution is -2.31. The van der Waals surface area contributed by atoms with E-state index in [-0.39, 0.29) is 17.6 Å². The summed E-state index contributed by atoms with van der Waals surface area (Å²) < 4.78 is 0. The molecule has 0 radical (unpaired) electrons. The number of anilines is 1. The van der Waals surface area contributed by atoms with Crippen LogP contribution in [0.25, 0.3) is 0 Å². The van der Waals surface area contributed by atoms with E-state index >= 15 is 0 Å². The number of nitrogens with one attached hydrogen (secondary N) is 1. The summed E-state index contributed by atoms with van der Waals surface area (Å²) in [4.78, 5) is 20.2. The first-order chi connectivity index (χ1) is 10.2. The number of carbonyl (C=O) groups is 1. The van der Waals surface area contributed by atoms with E-state index in [1.54, 1.807) is 0 Å².